The van der Waals surface area contributed by atoms with Gasteiger partial charge in [-0.05, 0) is 98.9 Å². The Morgan fingerprint density at radius 3 is 2.05 bits per heavy atom. The summed E-state index contributed by atoms with van der Waals surface area (Å²) < 4.78 is 58.6. The van der Waals surface area contributed by atoms with Gasteiger partial charge in [0, 0.05) is 36.4 Å². The summed E-state index contributed by atoms with van der Waals surface area (Å²) in [4.78, 5) is 17.5. The third-order valence-electron chi connectivity index (χ3n) is 14.3. The second-order valence-electron chi connectivity index (χ2n) is 20.6. The van der Waals surface area contributed by atoms with Crippen molar-refractivity contribution in [3.05, 3.63) is 132 Å². The van der Waals surface area contributed by atoms with Crippen LogP contribution in [-0.2, 0) is 39.0 Å². The monoisotopic (exact) mass is 1030 g/mol. The average Bonchev–Trinajstić information content (AvgIpc) is 3.98. The van der Waals surface area contributed by atoms with Gasteiger partial charge in [-0.2, -0.15) is 5.26 Å². The van der Waals surface area contributed by atoms with E-state index in [9.17, 15) is 5.26 Å². The van der Waals surface area contributed by atoms with E-state index in [1.807, 2.05) is 71.3 Å². The summed E-state index contributed by atoms with van der Waals surface area (Å²) in [6.45, 7) is 22.9. The van der Waals surface area contributed by atoms with E-state index in [1.54, 1.807) is 26.9 Å². The van der Waals surface area contributed by atoms with Gasteiger partial charge in [-0.1, -0.05) is 87.5 Å². The van der Waals surface area contributed by atoms with E-state index in [4.69, 9.17) is 52.1 Å². The van der Waals surface area contributed by atoms with Crippen LogP contribution in [0.3, 0.4) is 0 Å². The normalized spacial score (nSPS) is 19.2. The highest BCUT2D eigenvalue weighted by Gasteiger charge is 2.61. The highest BCUT2D eigenvalue weighted by molar-refractivity contribution is 7.44. The van der Waals surface area contributed by atoms with Gasteiger partial charge in [-0.25, -0.2) is 19.6 Å². The lowest BCUT2D eigenvalue weighted by Gasteiger charge is -2.47. The number of hydrogen-bond acceptors (Lipinski definition) is 14. The lowest BCUT2D eigenvalue weighted by Crippen LogP contribution is -2.58. The smallest absolute Gasteiger partial charge is 0.261 e. The Morgan fingerprint density at radius 1 is 0.836 bits per heavy atom. The highest BCUT2D eigenvalue weighted by Crippen LogP contribution is 2.57. The van der Waals surface area contributed by atoms with Crippen LogP contribution in [0.5, 0.6) is 11.5 Å². The topological polar surface area (TPSA) is 148 Å². The number of hydrogen-bond donors (Lipinski definition) is 0. The van der Waals surface area contributed by atoms with Crippen molar-refractivity contribution in [2.75, 3.05) is 65.2 Å². The Kier molecular flexibility index (Phi) is 17.1. The summed E-state index contributed by atoms with van der Waals surface area (Å²) >= 11 is 0. The van der Waals surface area contributed by atoms with Gasteiger partial charge < -0.3 is 37.5 Å². The van der Waals surface area contributed by atoms with Gasteiger partial charge >= 0.3 is 0 Å². The van der Waals surface area contributed by atoms with Crippen LogP contribution in [0.2, 0.25) is 18.1 Å². The minimum atomic E-state index is -2.64. The molecule has 2 aromatic heterocycles. The second-order valence-corrected chi connectivity index (χ2v) is 26.7. The van der Waals surface area contributed by atoms with Gasteiger partial charge in [0.1, 0.15) is 46.8 Å². The van der Waals surface area contributed by atoms with Crippen LogP contribution in [0.25, 0.3) is 22.4 Å². The SMILES string of the molecule is COc1ccc(C(OC[C@H]2OC[C@@H](O[Si](C)(C)C(C)(C)C)[C@@]2(OP(OCCC#N)N(C(C)C)C(C)C)n2cnc3c(-c4cccc(N5CCOCC5)c4)ncnc32)(c2ccccc2)c2ccc(OC)cc2)cc1. The summed E-state index contributed by atoms with van der Waals surface area (Å²) in [6.07, 6.45) is 1.93. The van der Waals surface area contributed by atoms with Crippen LogP contribution in [0.4, 0.5) is 5.69 Å². The molecule has 2 aliphatic heterocycles. The molecule has 0 spiro atoms. The van der Waals surface area contributed by atoms with Crippen molar-refractivity contribution >= 4 is 33.7 Å². The number of methoxy groups -OCH3 is 2. The lowest BCUT2D eigenvalue weighted by molar-refractivity contribution is -0.150. The molecule has 0 bridgehead atoms. The zero-order chi connectivity index (χ0) is 52.0. The summed E-state index contributed by atoms with van der Waals surface area (Å²) in [5.41, 5.74) is 3.61. The van der Waals surface area contributed by atoms with Crippen LogP contribution in [0.15, 0.2) is 116 Å². The minimum absolute atomic E-state index is 0.0196. The Labute approximate surface area is 433 Å². The summed E-state index contributed by atoms with van der Waals surface area (Å²) in [5, 5.41) is 9.65. The van der Waals surface area contributed by atoms with E-state index in [0.29, 0.717) is 41.6 Å². The van der Waals surface area contributed by atoms with Gasteiger partial charge in [0.05, 0.1) is 66.1 Å². The maximum atomic E-state index is 9.85. The number of fused-ring (bicyclic) bond motifs is 1. The summed E-state index contributed by atoms with van der Waals surface area (Å²) in [5.74, 6) is 1.42. The molecule has 0 saturated carbocycles. The number of benzene rings is 4. The number of anilines is 1. The summed E-state index contributed by atoms with van der Waals surface area (Å²) in [7, 11) is -1.27. The van der Waals surface area contributed by atoms with Crippen molar-refractivity contribution in [3.8, 4) is 28.8 Å². The van der Waals surface area contributed by atoms with Crippen LogP contribution in [-0.4, -0.2) is 117 Å². The molecule has 0 amide bonds. The lowest BCUT2D eigenvalue weighted by atomic mass is 9.80. The molecule has 4 aromatic carbocycles. The Balaban J connectivity index is 1.37. The van der Waals surface area contributed by atoms with E-state index >= 15 is 0 Å². The Hall–Kier alpha value is -5.31. The van der Waals surface area contributed by atoms with Gasteiger partial charge in [-0.15, -0.1) is 0 Å². The zero-order valence-corrected chi connectivity index (χ0v) is 46.2. The Morgan fingerprint density at radius 2 is 1.47 bits per heavy atom. The summed E-state index contributed by atoms with van der Waals surface area (Å²) in [6, 6.07) is 36.8. The van der Waals surface area contributed by atoms with Crippen molar-refractivity contribution in [2.24, 2.45) is 0 Å². The molecule has 2 saturated heterocycles. The first-order valence-electron chi connectivity index (χ1n) is 25.2. The van der Waals surface area contributed by atoms with Crippen LogP contribution >= 0.6 is 8.53 Å². The molecule has 4 atom stereocenters. The maximum Gasteiger partial charge on any atom is 0.261 e. The van der Waals surface area contributed by atoms with E-state index in [2.05, 4.69) is 114 Å². The third-order valence-corrected chi connectivity index (χ3v) is 21.0. The first-order chi connectivity index (χ1) is 35.1. The highest BCUT2D eigenvalue weighted by atomic mass is 31.2. The fourth-order valence-corrected chi connectivity index (χ4v) is 12.8. The van der Waals surface area contributed by atoms with E-state index in [1.165, 1.54) is 0 Å². The van der Waals surface area contributed by atoms with Gasteiger partial charge in [0.2, 0.25) is 5.72 Å². The third kappa shape index (κ3) is 11.1. The number of nitrogens with zero attached hydrogens (tertiary/aromatic N) is 7. The van der Waals surface area contributed by atoms with E-state index in [-0.39, 0.29) is 43.4 Å². The van der Waals surface area contributed by atoms with Crippen molar-refractivity contribution in [1.82, 2.24) is 24.2 Å². The van der Waals surface area contributed by atoms with Crippen LogP contribution < -0.4 is 14.4 Å². The molecule has 15 nitrogen and oxygen atoms in total. The quantitative estimate of drug-likeness (QED) is 0.0291. The predicted molar refractivity (Wildman–Crippen MR) is 288 cm³/mol. The van der Waals surface area contributed by atoms with Crippen molar-refractivity contribution < 1.29 is 37.2 Å². The first kappa shape index (κ1) is 54.0. The molecule has 8 rings (SSSR count). The molecule has 1 unspecified atom stereocenters. The average molecular weight is 1030 g/mol. The maximum absolute atomic E-state index is 9.85. The number of ether oxygens (including phenoxy) is 5. The van der Waals surface area contributed by atoms with Crippen molar-refractivity contribution in [3.63, 3.8) is 0 Å². The molecular weight excluding hydrogens is 958 g/mol. The molecule has 2 fully saturated rings. The fraction of sp³-hybridized carbons (Fsp3) is 0.464. The standard InChI is InChI=1S/C56H72N7O8PSi/c1-40(2)63(41(3)4)72(69-32-16-29-57)71-56(62-39-60-52-51(58-38-59-53(52)62)42-17-15-20-46(35-42)61-30-33-66-34-31-61)49(67-36-50(56)70-73(10,11)54(5,6)7)37-68-55(43-18-13-12-14-19-43,44-21-25-47(64-8)26-22-44)45-23-27-48(65-9)28-24-45/h12-15,17-28,35,38-41,49-50H,16,30-34,36-37H2,1-11H3/t49-,50-,56-,72?/m1/s1. The number of imidazole rings is 1. The molecule has 73 heavy (non-hydrogen) atoms. The number of rotatable bonds is 21. The largest absolute Gasteiger partial charge is 0.497 e. The van der Waals surface area contributed by atoms with Gasteiger partial charge in [0.25, 0.3) is 8.53 Å². The predicted octanol–water partition coefficient (Wildman–Crippen LogP) is 11.1. The van der Waals surface area contributed by atoms with Gasteiger partial charge in [-0.3, -0.25) is 9.09 Å². The molecule has 0 radical (unpaired) electrons. The van der Waals surface area contributed by atoms with Crippen LogP contribution in [0.1, 0.15) is 71.6 Å². The molecule has 17 heteroatoms. The zero-order valence-electron chi connectivity index (χ0n) is 44.3. The van der Waals surface area contributed by atoms with E-state index in [0.717, 1.165) is 41.0 Å². The minimum Gasteiger partial charge on any atom is -0.497 e. The number of nitriles is 1. The van der Waals surface area contributed by atoms with Crippen molar-refractivity contribution in [2.45, 2.75) is 109 Å². The second kappa shape index (κ2) is 23.1. The Bertz CT molecular complexity index is 2730. The van der Waals surface area contributed by atoms with Crippen LogP contribution in [0, 0.1) is 11.3 Å². The number of aromatic nitrogens is 4. The molecule has 2 aliphatic rings. The first-order valence-corrected chi connectivity index (χ1v) is 29.3. The molecule has 0 N–H and O–H groups in total. The number of morpholine rings is 1. The van der Waals surface area contributed by atoms with E-state index < -0.39 is 40.4 Å². The molecule has 4 heterocycles. The fourth-order valence-electron chi connectivity index (χ4n) is 9.60. The molecule has 0 aliphatic carbocycles. The van der Waals surface area contributed by atoms with Crippen molar-refractivity contribution in [1.29, 1.82) is 5.26 Å². The molecule has 6 aromatic rings. The molecule has 388 valence electrons. The molecular formula is C56H72N7O8PSi. The van der Waals surface area contributed by atoms with Gasteiger partial charge in [0.15, 0.2) is 14.0 Å².